The predicted octanol–water partition coefficient (Wildman–Crippen LogP) is 3.31. The Kier molecular flexibility index (Phi) is 9.96. The minimum atomic E-state index is -0.695. The van der Waals surface area contributed by atoms with Gasteiger partial charge in [0.05, 0.1) is 12.3 Å². The Bertz CT molecular complexity index is 1010. The van der Waals surface area contributed by atoms with Gasteiger partial charge in [-0.25, -0.2) is 0 Å². The van der Waals surface area contributed by atoms with Gasteiger partial charge in [0.1, 0.15) is 6.04 Å². The fraction of sp³-hybridized carbons (Fsp3) is 0.519. The molecule has 0 aliphatic carbocycles. The Hall–Kier alpha value is -2.84. The molecule has 1 fully saturated rings. The average Bonchev–Trinajstić information content (AvgIpc) is 3.54. The van der Waals surface area contributed by atoms with Crippen LogP contribution in [0.3, 0.4) is 0 Å². The van der Waals surface area contributed by atoms with Crippen LogP contribution in [0.25, 0.3) is 0 Å². The summed E-state index contributed by atoms with van der Waals surface area (Å²) in [5.41, 5.74) is 0.913. The number of likely N-dealkylation sites (tertiary alicyclic amines) is 1. The molecular weight excluding hydrogens is 480 g/mol. The van der Waals surface area contributed by atoms with Crippen LogP contribution in [0.2, 0.25) is 5.02 Å². The van der Waals surface area contributed by atoms with Gasteiger partial charge in [0.2, 0.25) is 11.8 Å². The summed E-state index contributed by atoms with van der Waals surface area (Å²) < 4.78 is 5.36. The molecule has 196 valence electrons. The van der Waals surface area contributed by atoms with Gasteiger partial charge in [0.25, 0.3) is 5.91 Å². The zero-order chi connectivity index (χ0) is 26.2. The molecule has 36 heavy (non-hydrogen) atoms. The van der Waals surface area contributed by atoms with E-state index in [4.69, 9.17) is 16.0 Å². The molecule has 0 bridgehead atoms. The number of hydrogen-bond donors (Lipinski definition) is 1. The van der Waals surface area contributed by atoms with Crippen LogP contribution in [0, 0.1) is 5.92 Å². The lowest BCUT2D eigenvalue weighted by Gasteiger charge is -2.30. The van der Waals surface area contributed by atoms with Crippen molar-refractivity contribution in [2.75, 3.05) is 40.3 Å². The number of carbonyl (C=O) groups excluding carboxylic acids is 3. The van der Waals surface area contributed by atoms with E-state index in [9.17, 15) is 14.4 Å². The van der Waals surface area contributed by atoms with Crippen molar-refractivity contribution in [2.24, 2.45) is 5.92 Å². The number of furan rings is 1. The largest absolute Gasteiger partial charge is 0.459 e. The molecule has 1 aliphatic rings. The molecule has 0 saturated carbocycles. The van der Waals surface area contributed by atoms with Crippen molar-refractivity contribution >= 4 is 29.3 Å². The van der Waals surface area contributed by atoms with Gasteiger partial charge in [-0.2, -0.15) is 0 Å². The highest BCUT2D eigenvalue weighted by Gasteiger charge is 2.37. The molecule has 0 spiro atoms. The van der Waals surface area contributed by atoms with Crippen LogP contribution in [0.5, 0.6) is 0 Å². The Balaban J connectivity index is 1.73. The van der Waals surface area contributed by atoms with E-state index in [1.54, 1.807) is 29.2 Å². The van der Waals surface area contributed by atoms with Crippen LogP contribution in [0.1, 0.15) is 42.8 Å². The van der Waals surface area contributed by atoms with Gasteiger partial charge < -0.3 is 24.4 Å². The summed E-state index contributed by atoms with van der Waals surface area (Å²) in [7, 11) is 3.81. The van der Waals surface area contributed by atoms with Crippen molar-refractivity contribution in [1.82, 2.24) is 20.0 Å². The predicted molar refractivity (Wildman–Crippen MR) is 140 cm³/mol. The minimum absolute atomic E-state index is 0.116. The van der Waals surface area contributed by atoms with Crippen molar-refractivity contribution in [2.45, 2.75) is 45.2 Å². The van der Waals surface area contributed by atoms with Gasteiger partial charge in [-0.15, -0.1) is 0 Å². The van der Waals surface area contributed by atoms with E-state index >= 15 is 0 Å². The number of carbonyl (C=O) groups is 3. The highest BCUT2D eigenvalue weighted by Crippen LogP contribution is 2.22. The maximum atomic E-state index is 13.6. The fourth-order valence-electron chi connectivity index (χ4n) is 4.40. The molecule has 3 rings (SSSR count). The third-order valence-corrected chi connectivity index (χ3v) is 6.49. The quantitative estimate of drug-likeness (QED) is 0.495. The molecule has 0 unspecified atom stereocenters. The third-order valence-electron chi connectivity index (χ3n) is 6.24. The molecule has 8 nitrogen and oxygen atoms in total. The second kappa shape index (κ2) is 12.9. The first-order valence-corrected chi connectivity index (χ1v) is 12.8. The van der Waals surface area contributed by atoms with Crippen molar-refractivity contribution in [3.8, 4) is 0 Å². The Labute approximate surface area is 218 Å². The summed E-state index contributed by atoms with van der Waals surface area (Å²) in [6, 6.07) is 9.85. The van der Waals surface area contributed by atoms with E-state index in [1.807, 2.05) is 36.0 Å². The molecule has 0 radical (unpaired) electrons. The van der Waals surface area contributed by atoms with Crippen molar-refractivity contribution in [3.05, 3.63) is 59.0 Å². The van der Waals surface area contributed by atoms with Gasteiger partial charge in [-0.3, -0.25) is 14.4 Å². The number of nitrogens with zero attached hydrogens (tertiary/aromatic N) is 3. The molecule has 1 N–H and O–H groups in total. The second-order valence-corrected chi connectivity index (χ2v) is 10.5. The van der Waals surface area contributed by atoms with Crippen molar-refractivity contribution in [1.29, 1.82) is 0 Å². The van der Waals surface area contributed by atoms with E-state index in [1.165, 1.54) is 6.26 Å². The topological polar surface area (TPSA) is 86.1 Å². The van der Waals surface area contributed by atoms with E-state index < -0.39 is 6.04 Å². The molecule has 1 aromatic heterocycles. The number of rotatable bonds is 11. The first-order valence-electron chi connectivity index (χ1n) is 12.5. The minimum Gasteiger partial charge on any atom is -0.459 e. The van der Waals surface area contributed by atoms with Crippen LogP contribution in [0.15, 0.2) is 47.1 Å². The molecular formula is C27H37ClN4O4. The van der Waals surface area contributed by atoms with Gasteiger partial charge in [-0.05, 0) is 56.3 Å². The average molecular weight is 517 g/mol. The summed E-state index contributed by atoms with van der Waals surface area (Å²) in [4.78, 5) is 44.9. The number of amides is 3. The molecule has 2 heterocycles. The highest BCUT2D eigenvalue weighted by atomic mass is 35.5. The lowest BCUT2D eigenvalue weighted by Crippen LogP contribution is -2.50. The molecule has 1 saturated heterocycles. The SMILES string of the molecule is CC(C)CN(C(=O)c1ccco1)[C@H]1CCN(C(=O)[C@@H](Cc2ccc(Cl)cc2)NC(=O)CCN(C)C)C1. The van der Waals surface area contributed by atoms with Crippen LogP contribution in [-0.4, -0.2) is 84.8 Å². The van der Waals surface area contributed by atoms with Crippen LogP contribution >= 0.6 is 11.6 Å². The van der Waals surface area contributed by atoms with Crippen LogP contribution in [-0.2, 0) is 16.0 Å². The molecule has 2 atom stereocenters. The van der Waals surface area contributed by atoms with Crippen LogP contribution < -0.4 is 5.32 Å². The van der Waals surface area contributed by atoms with E-state index in [2.05, 4.69) is 19.2 Å². The van der Waals surface area contributed by atoms with Crippen LogP contribution in [0.4, 0.5) is 0 Å². The van der Waals surface area contributed by atoms with Gasteiger partial charge in [-0.1, -0.05) is 37.6 Å². The Morgan fingerprint density at radius 2 is 1.89 bits per heavy atom. The van der Waals surface area contributed by atoms with E-state index in [0.717, 1.165) is 5.56 Å². The monoisotopic (exact) mass is 516 g/mol. The number of halogens is 1. The first-order chi connectivity index (χ1) is 17.1. The molecule has 3 amide bonds. The van der Waals surface area contributed by atoms with Crippen molar-refractivity contribution in [3.63, 3.8) is 0 Å². The number of nitrogens with one attached hydrogen (secondary N) is 1. The molecule has 1 aliphatic heterocycles. The summed E-state index contributed by atoms with van der Waals surface area (Å²) in [6.45, 7) is 6.23. The first kappa shape index (κ1) is 27.7. The maximum Gasteiger partial charge on any atom is 0.289 e. The Morgan fingerprint density at radius 1 is 1.17 bits per heavy atom. The Morgan fingerprint density at radius 3 is 2.50 bits per heavy atom. The lowest BCUT2D eigenvalue weighted by molar-refractivity contribution is -0.135. The lowest BCUT2D eigenvalue weighted by atomic mass is 10.0. The zero-order valence-corrected chi connectivity index (χ0v) is 22.3. The van der Waals surface area contributed by atoms with Gasteiger partial charge >= 0.3 is 0 Å². The summed E-state index contributed by atoms with van der Waals surface area (Å²) in [5.74, 6) is 0.0981. The van der Waals surface area contributed by atoms with Gasteiger partial charge in [0.15, 0.2) is 5.76 Å². The van der Waals surface area contributed by atoms with Gasteiger partial charge in [0, 0.05) is 44.0 Å². The number of hydrogen-bond acceptors (Lipinski definition) is 5. The smallest absolute Gasteiger partial charge is 0.289 e. The molecule has 2 aromatic rings. The molecule has 9 heteroatoms. The summed E-state index contributed by atoms with van der Waals surface area (Å²) >= 11 is 6.03. The highest BCUT2D eigenvalue weighted by molar-refractivity contribution is 6.30. The third kappa shape index (κ3) is 7.83. The summed E-state index contributed by atoms with van der Waals surface area (Å²) in [6.07, 6.45) is 2.84. The molecule has 1 aromatic carbocycles. The standard InChI is InChI=1S/C27H37ClN4O4/c1-19(2)17-32(27(35)24-6-5-15-36-24)22-11-14-31(18-22)26(34)23(29-25(33)12-13-30(3)4)16-20-7-9-21(28)10-8-20/h5-10,15,19,22-23H,11-14,16-18H2,1-4H3,(H,29,33)/t22-,23+/m0/s1. The maximum absolute atomic E-state index is 13.6. The second-order valence-electron chi connectivity index (χ2n) is 10.1. The summed E-state index contributed by atoms with van der Waals surface area (Å²) in [5, 5.41) is 3.56. The van der Waals surface area contributed by atoms with Crippen molar-refractivity contribution < 1.29 is 18.8 Å². The normalized spacial score (nSPS) is 16.4. The number of benzene rings is 1. The van der Waals surface area contributed by atoms with E-state index in [0.29, 0.717) is 56.2 Å². The fourth-order valence-corrected chi connectivity index (χ4v) is 4.52. The van der Waals surface area contributed by atoms with E-state index in [-0.39, 0.29) is 29.7 Å². The zero-order valence-electron chi connectivity index (χ0n) is 21.6.